The fraction of sp³-hybridized carbons (Fsp3) is 0.320. The lowest BCUT2D eigenvalue weighted by molar-refractivity contribution is 0.0299. The maximum atomic E-state index is 13.9. The molecule has 2 aliphatic rings. The van der Waals surface area contributed by atoms with Crippen LogP contribution in [0.3, 0.4) is 0 Å². The Bertz CT molecular complexity index is 1170. The minimum absolute atomic E-state index is 0.0405. The number of furan rings is 1. The number of carbonyl (C=O) groups excluding carboxylic acids is 1. The standard InChI is InChI=1S/C25H25FN2O3/c26-22-4-3-19(21-9-14-31-24(21)22)16-5-10-28(11-6-16)12-7-23-20-2-1-18(25(27)29)15-17(20)8-13-30-23/h1-5,9,14-15,23H,6-8,10-13H2,(H2,27,29). The van der Waals surface area contributed by atoms with Gasteiger partial charge in [-0.15, -0.1) is 0 Å². The predicted octanol–water partition coefficient (Wildman–Crippen LogP) is 4.46. The minimum atomic E-state index is -0.393. The summed E-state index contributed by atoms with van der Waals surface area (Å²) in [4.78, 5) is 13.9. The quantitative estimate of drug-likeness (QED) is 0.662. The molecule has 0 fully saturated rings. The van der Waals surface area contributed by atoms with Crippen LogP contribution in [-0.4, -0.2) is 37.0 Å². The number of hydrogen-bond donors (Lipinski definition) is 1. The number of halogens is 1. The molecule has 1 amide bonds. The first kappa shape index (κ1) is 20.0. The first-order valence-electron chi connectivity index (χ1n) is 10.7. The molecule has 0 bridgehead atoms. The summed E-state index contributed by atoms with van der Waals surface area (Å²) in [5.74, 6) is -0.715. The highest BCUT2D eigenvalue weighted by Gasteiger charge is 2.23. The van der Waals surface area contributed by atoms with Gasteiger partial charge in [0.2, 0.25) is 5.91 Å². The van der Waals surface area contributed by atoms with Crippen LogP contribution in [0.1, 0.15) is 46.0 Å². The molecule has 0 radical (unpaired) electrons. The summed E-state index contributed by atoms with van der Waals surface area (Å²) in [6.45, 7) is 3.39. The molecule has 0 spiro atoms. The monoisotopic (exact) mass is 420 g/mol. The maximum absolute atomic E-state index is 13.9. The molecule has 2 N–H and O–H groups in total. The van der Waals surface area contributed by atoms with Crippen LogP contribution in [0.15, 0.2) is 53.2 Å². The largest absolute Gasteiger partial charge is 0.461 e. The van der Waals surface area contributed by atoms with E-state index in [0.29, 0.717) is 17.8 Å². The second kappa shape index (κ2) is 8.29. The summed E-state index contributed by atoms with van der Waals surface area (Å²) in [6.07, 6.45) is 6.44. The van der Waals surface area contributed by atoms with Gasteiger partial charge in [-0.2, -0.15) is 0 Å². The fourth-order valence-corrected chi connectivity index (χ4v) is 4.70. The highest BCUT2D eigenvalue weighted by Crippen LogP contribution is 2.33. The zero-order valence-electron chi connectivity index (χ0n) is 17.3. The van der Waals surface area contributed by atoms with Crippen LogP contribution in [-0.2, 0) is 11.2 Å². The summed E-state index contributed by atoms with van der Waals surface area (Å²) >= 11 is 0. The Kier molecular flexibility index (Phi) is 5.34. The van der Waals surface area contributed by atoms with Crippen molar-refractivity contribution < 1.29 is 18.3 Å². The summed E-state index contributed by atoms with van der Waals surface area (Å²) in [6, 6.07) is 10.8. The van der Waals surface area contributed by atoms with E-state index in [1.807, 2.05) is 24.3 Å². The number of fused-ring (bicyclic) bond motifs is 2. The first-order chi connectivity index (χ1) is 15.1. The Morgan fingerprint density at radius 3 is 2.90 bits per heavy atom. The van der Waals surface area contributed by atoms with Crippen LogP contribution in [0.5, 0.6) is 0 Å². The molecular formula is C25H25FN2O3. The molecule has 0 saturated heterocycles. The number of nitrogens with two attached hydrogens (primary N) is 1. The van der Waals surface area contributed by atoms with Crippen molar-refractivity contribution in [1.29, 1.82) is 0 Å². The molecule has 0 saturated carbocycles. The smallest absolute Gasteiger partial charge is 0.248 e. The van der Waals surface area contributed by atoms with Gasteiger partial charge in [-0.25, -0.2) is 4.39 Å². The highest BCUT2D eigenvalue weighted by atomic mass is 19.1. The molecule has 160 valence electrons. The number of amides is 1. The molecule has 6 heteroatoms. The molecule has 5 rings (SSSR count). The predicted molar refractivity (Wildman–Crippen MR) is 117 cm³/mol. The van der Waals surface area contributed by atoms with E-state index in [0.717, 1.165) is 61.0 Å². The van der Waals surface area contributed by atoms with Gasteiger partial charge in [0.05, 0.1) is 19.0 Å². The highest BCUT2D eigenvalue weighted by molar-refractivity contribution is 5.93. The van der Waals surface area contributed by atoms with Crippen molar-refractivity contribution in [1.82, 2.24) is 4.90 Å². The Morgan fingerprint density at radius 1 is 1.19 bits per heavy atom. The Balaban J connectivity index is 1.25. The van der Waals surface area contributed by atoms with Crippen molar-refractivity contribution in [3.05, 3.63) is 76.8 Å². The summed E-state index contributed by atoms with van der Waals surface area (Å²) < 4.78 is 25.3. The van der Waals surface area contributed by atoms with Crippen LogP contribution in [0.4, 0.5) is 4.39 Å². The second-order valence-electron chi connectivity index (χ2n) is 8.21. The molecule has 2 aliphatic heterocycles. The number of rotatable bonds is 5. The van der Waals surface area contributed by atoms with E-state index in [1.165, 1.54) is 11.6 Å². The average molecular weight is 420 g/mol. The Labute approximate surface area is 180 Å². The van der Waals surface area contributed by atoms with Crippen LogP contribution >= 0.6 is 0 Å². The van der Waals surface area contributed by atoms with Gasteiger partial charge in [0.25, 0.3) is 0 Å². The van der Waals surface area contributed by atoms with Gasteiger partial charge >= 0.3 is 0 Å². The van der Waals surface area contributed by atoms with E-state index in [4.69, 9.17) is 14.9 Å². The molecule has 1 aromatic heterocycles. The van der Waals surface area contributed by atoms with Crippen LogP contribution < -0.4 is 5.73 Å². The average Bonchev–Trinajstić information content (AvgIpc) is 3.29. The van der Waals surface area contributed by atoms with Gasteiger partial charge in [0.15, 0.2) is 11.4 Å². The molecule has 31 heavy (non-hydrogen) atoms. The van der Waals surface area contributed by atoms with Crippen molar-refractivity contribution in [2.45, 2.75) is 25.4 Å². The van der Waals surface area contributed by atoms with Gasteiger partial charge in [-0.05, 0) is 65.8 Å². The Morgan fingerprint density at radius 2 is 2.10 bits per heavy atom. The van der Waals surface area contributed by atoms with E-state index >= 15 is 0 Å². The topological polar surface area (TPSA) is 68.7 Å². The molecule has 3 heterocycles. The summed E-state index contributed by atoms with van der Waals surface area (Å²) in [5.41, 5.74) is 10.9. The number of benzene rings is 2. The third-order valence-electron chi connectivity index (χ3n) is 6.38. The van der Waals surface area contributed by atoms with Gasteiger partial charge in [-0.1, -0.05) is 18.2 Å². The molecule has 5 nitrogen and oxygen atoms in total. The van der Waals surface area contributed by atoms with Crippen molar-refractivity contribution in [2.24, 2.45) is 5.73 Å². The fourth-order valence-electron chi connectivity index (χ4n) is 4.70. The van der Waals surface area contributed by atoms with E-state index in [-0.39, 0.29) is 11.9 Å². The van der Waals surface area contributed by atoms with Crippen LogP contribution in [0, 0.1) is 5.82 Å². The van der Waals surface area contributed by atoms with Gasteiger partial charge < -0.3 is 14.9 Å². The molecule has 1 unspecified atom stereocenters. The molecule has 3 aromatic rings. The van der Waals surface area contributed by atoms with Crippen molar-refractivity contribution >= 4 is 22.4 Å². The number of nitrogens with zero attached hydrogens (tertiary/aromatic N) is 1. The van der Waals surface area contributed by atoms with E-state index in [2.05, 4.69) is 11.0 Å². The van der Waals surface area contributed by atoms with Crippen LogP contribution in [0.2, 0.25) is 0 Å². The molecule has 2 aromatic carbocycles. The number of primary amides is 1. The van der Waals surface area contributed by atoms with Gasteiger partial charge in [0, 0.05) is 30.6 Å². The normalized spacial score (nSPS) is 19.3. The van der Waals surface area contributed by atoms with Crippen molar-refractivity contribution in [3.8, 4) is 0 Å². The third-order valence-corrected chi connectivity index (χ3v) is 6.38. The lowest BCUT2D eigenvalue weighted by Gasteiger charge is -2.31. The van der Waals surface area contributed by atoms with E-state index in [1.54, 1.807) is 12.3 Å². The third kappa shape index (κ3) is 3.89. The second-order valence-corrected chi connectivity index (χ2v) is 8.21. The zero-order chi connectivity index (χ0) is 21.4. The summed E-state index contributed by atoms with van der Waals surface area (Å²) in [7, 11) is 0. The lowest BCUT2D eigenvalue weighted by atomic mass is 9.93. The van der Waals surface area contributed by atoms with Crippen LogP contribution in [0.25, 0.3) is 16.5 Å². The van der Waals surface area contributed by atoms with Crippen molar-refractivity contribution in [3.63, 3.8) is 0 Å². The molecular weight excluding hydrogens is 395 g/mol. The number of hydrogen-bond acceptors (Lipinski definition) is 4. The molecule has 0 aliphatic carbocycles. The van der Waals surface area contributed by atoms with E-state index in [9.17, 15) is 9.18 Å². The van der Waals surface area contributed by atoms with Gasteiger partial charge in [0.1, 0.15) is 0 Å². The lowest BCUT2D eigenvalue weighted by Crippen LogP contribution is -2.31. The zero-order valence-corrected chi connectivity index (χ0v) is 17.3. The molecule has 1 atom stereocenters. The summed E-state index contributed by atoms with van der Waals surface area (Å²) in [5, 5.41) is 0.835. The number of ether oxygens (including phenoxy) is 1. The minimum Gasteiger partial charge on any atom is -0.461 e. The Hall–Kier alpha value is -2.96. The van der Waals surface area contributed by atoms with Crippen molar-refractivity contribution in [2.75, 3.05) is 26.2 Å². The van der Waals surface area contributed by atoms with E-state index < -0.39 is 5.91 Å². The van der Waals surface area contributed by atoms with Gasteiger partial charge in [-0.3, -0.25) is 9.69 Å². The first-order valence-corrected chi connectivity index (χ1v) is 10.7. The SMILES string of the molecule is NC(=O)c1ccc2c(c1)CCOC2CCN1CC=C(c2ccc(F)c3occc23)CC1. The maximum Gasteiger partial charge on any atom is 0.248 e. The number of carbonyl (C=O) groups is 1.